The Kier molecular flexibility index (Phi) is 10.3. The Balaban J connectivity index is 0.754. The molecule has 3 unspecified atom stereocenters. The smallest absolute Gasteiger partial charge is 0.320 e. The summed E-state index contributed by atoms with van der Waals surface area (Å²) in [5, 5.41) is 10.8. The molecule has 318 valence electrons. The van der Waals surface area contributed by atoms with Gasteiger partial charge in [-0.05, 0) is 112 Å². The highest BCUT2D eigenvalue weighted by Crippen LogP contribution is 2.45. The maximum absolute atomic E-state index is 12.9. The van der Waals surface area contributed by atoms with Gasteiger partial charge < -0.3 is 35.2 Å². The van der Waals surface area contributed by atoms with Crippen molar-refractivity contribution in [2.24, 2.45) is 11.7 Å². The van der Waals surface area contributed by atoms with Crippen LogP contribution in [0.3, 0.4) is 0 Å². The number of nitrogens with zero attached hydrogens (tertiary/aromatic N) is 7. The first-order valence-corrected chi connectivity index (χ1v) is 21.9. The summed E-state index contributed by atoms with van der Waals surface area (Å²) in [6, 6.07) is 12.7. The van der Waals surface area contributed by atoms with Gasteiger partial charge in [-0.15, -0.1) is 0 Å². The monoisotopic (exact) mass is 827 g/mol. The molecule has 4 saturated heterocycles. The summed E-state index contributed by atoms with van der Waals surface area (Å²) >= 11 is 0. The van der Waals surface area contributed by atoms with E-state index >= 15 is 0 Å². The molecule has 5 amide bonds. The van der Waals surface area contributed by atoms with Crippen LogP contribution in [0.15, 0.2) is 53.3 Å². The molecule has 16 heteroatoms. The highest BCUT2D eigenvalue weighted by molar-refractivity contribution is 6.10. The minimum absolute atomic E-state index is 0.0695. The Morgan fingerprint density at radius 1 is 0.951 bits per heavy atom. The number of carbonyl (C=O) groups is 4. The van der Waals surface area contributed by atoms with E-state index in [4.69, 9.17) is 15.2 Å². The van der Waals surface area contributed by atoms with Crippen molar-refractivity contribution in [2.45, 2.75) is 81.6 Å². The zero-order valence-electron chi connectivity index (χ0n) is 34.6. The molecule has 4 atom stereocenters. The Morgan fingerprint density at radius 2 is 1.79 bits per heavy atom. The molecular weight excluding hydrogens is 775 g/mol. The second-order valence-electron chi connectivity index (χ2n) is 17.8. The van der Waals surface area contributed by atoms with Gasteiger partial charge >= 0.3 is 6.03 Å². The molecule has 0 spiro atoms. The number of nitrogens with one attached hydrogen (secondary N) is 3. The van der Waals surface area contributed by atoms with Crippen molar-refractivity contribution < 1.29 is 23.7 Å². The number of H-pyrrole nitrogens is 1. The number of imide groups is 1. The molecule has 7 heterocycles. The van der Waals surface area contributed by atoms with E-state index in [0.29, 0.717) is 48.8 Å². The Morgan fingerprint density at radius 3 is 2.56 bits per heavy atom. The summed E-state index contributed by atoms with van der Waals surface area (Å²) < 4.78 is 6.17. The Labute approximate surface area is 353 Å². The molecule has 5 aromatic rings. The summed E-state index contributed by atoms with van der Waals surface area (Å²) in [7, 11) is 1.84. The summed E-state index contributed by atoms with van der Waals surface area (Å²) in [4.78, 5) is 72.3. The lowest BCUT2D eigenvalue weighted by Gasteiger charge is -2.37. The van der Waals surface area contributed by atoms with Crippen molar-refractivity contribution in [3.8, 4) is 0 Å². The summed E-state index contributed by atoms with van der Waals surface area (Å²) in [5.74, 6) is 0.735. The van der Waals surface area contributed by atoms with E-state index in [1.165, 1.54) is 5.56 Å². The number of hydrogen-bond donors (Lipinski definition) is 4. The molecule has 2 aromatic carbocycles. The van der Waals surface area contributed by atoms with Gasteiger partial charge in [-0.25, -0.2) is 19.9 Å². The van der Waals surface area contributed by atoms with Crippen LogP contribution < -0.4 is 21.3 Å². The van der Waals surface area contributed by atoms with Crippen LogP contribution in [0.5, 0.6) is 0 Å². The lowest BCUT2D eigenvalue weighted by molar-refractivity contribution is -0.134. The fraction of sp³-hybridized carbons (Fsp3) is 0.489. The van der Waals surface area contributed by atoms with Crippen LogP contribution in [-0.4, -0.2) is 117 Å². The van der Waals surface area contributed by atoms with Gasteiger partial charge in [-0.1, -0.05) is 12.1 Å². The number of nitrogens with two attached hydrogens (primary N) is 1. The van der Waals surface area contributed by atoms with E-state index < -0.39 is 11.8 Å². The summed E-state index contributed by atoms with van der Waals surface area (Å²) in [6.07, 6.45) is 11.5. The number of anilines is 3. The van der Waals surface area contributed by atoms with Crippen LogP contribution in [0, 0.1) is 5.92 Å². The minimum Gasteiger partial charge on any atom is -0.381 e. The highest BCUT2D eigenvalue weighted by Gasteiger charge is 2.37. The lowest BCUT2D eigenvalue weighted by atomic mass is 9.88. The molecule has 1 saturated carbocycles. The van der Waals surface area contributed by atoms with Crippen molar-refractivity contribution in [1.82, 2.24) is 40.1 Å². The molecule has 5 aliphatic rings. The van der Waals surface area contributed by atoms with E-state index in [2.05, 4.69) is 53.8 Å². The van der Waals surface area contributed by atoms with Gasteiger partial charge in [0.15, 0.2) is 17.1 Å². The van der Waals surface area contributed by atoms with Gasteiger partial charge in [0, 0.05) is 69.0 Å². The van der Waals surface area contributed by atoms with Crippen molar-refractivity contribution in [3.05, 3.63) is 71.3 Å². The first kappa shape index (κ1) is 39.1. The zero-order valence-corrected chi connectivity index (χ0v) is 34.6. The number of likely N-dealkylation sites (N-methyl/N-ethyl adjacent to an activating group) is 1. The van der Waals surface area contributed by atoms with E-state index in [0.717, 1.165) is 123 Å². The van der Waals surface area contributed by atoms with E-state index in [1.54, 1.807) is 11.1 Å². The number of piperidine rings is 3. The van der Waals surface area contributed by atoms with E-state index in [1.807, 2.05) is 36.3 Å². The maximum atomic E-state index is 12.9. The number of hydrogen-bond acceptors (Lipinski definition) is 11. The van der Waals surface area contributed by atoms with Crippen molar-refractivity contribution in [1.29, 1.82) is 0 Å². The third-order valence-corrected chi connectivity index (χ3v) is 14.0. The molecular formula is C45H53N11O5. The third-order valence-electron chi connectivity index (χ3n) is 14.0. The Hall–Kier alpha value is -6.03. The molecule has 10 rings (SSSR count). The lowest BCUT2D eigenvalue weighted by Crippen LogP contribution is -2.49. The first-order chi connectivity index (χ1) is 29.7. The standard InChI is InChI=1S/C45H53N11O5/c1-53-19-20-56(45(53)60)31-3-2-16-55(25-31)36-23-48-40(42(46)58)43(50-36)49-30-8-6-27(7-9-30)28-13-17-54(18-14-28)24-26-4-5-29(21-26)34-22-35-32(12-15-47-35)38-39(52-61-41(34)38)33-10-11-37(57)51-44(33)59/h6-9,12,15,22-23,26,28-29,31,33,52H,2-5,10-11,13-14,16-21,24-25H2,1H3,(H2,46,58)(H,49,50)(H,51,57,59)/t26?,29?,31-,33?/m1/s1. The number of carbonyl (C=O) groups excluding carboxylic acids is 4. The van der Waals surface area contributed by atoms with Crippen LogP contribution in [-0.2, 0) is 9.59 Å². The number of rotatable bonds is 10. The molecule has 5 fully saturated rings. The van der Waals surface area contributed by atoms with Gasteiger partial charge in [-0.2, -0.15) is 0 Å². The largest absolute Gasteiger partial charge is 0.381 e. The third kappa shape index (κ3) is 7.55. The minimum atomic E-state index is -0.647. The van der Waals surface area contributed by atoms with Crippen LogP contribution >= 0.6 is 0 Å². The average Bonchev–Trinajstić information content (AvgIpc) is 4.09. The van der Waals surface area contributed by atoms with Crippen LogP contribution in [0.2, 0.25) is 0 Å². The van der Waals surface area contributed by atoms with Gasteiger partial charge in [0.25, 0.3) is 5.91 Å². The van der Waals surface area contributed by atoms with Crippen LogP contribution in [0.1, 0.15) is 103 Å². The molecule has 1 aliphatic carbocycles. The molecule has 3 aromatic heterocycles. The maximum Gasteiger partial charge on any atom is 0.320 e. The highest BCUT2D eigenvalue weighted by atomic mass is 16.5. The SMILES string of the molecule is CN1CCN([C@@H]2CCCN(c3cnc(C(N)=O)c(Nc4ccc(C5CCN(CC6CCC(c7cc8nccc8c8c(C9CCC(=O)NC9=O)[nH]oc78)C6)CC5)cc4)n3)C2)C1=O. The first-order valence-electron chi connectivity index (χ1n) is 21.9. The quantitative estimate of drug-likeness (QED) is 0.129. The van der Waals surface area contributed by atoms with Crippen molar-refractivity contribution >= 4 is 62.9 Å². The number of aromatic nitrogens is 4. The number of benzene rings is 2. The van der Waals surface area contributed by atoms with Gasteiger partial charge in [0.05, 0.1) is 34.8 Å². The van der Waals surface area contributed by atoms with Crippen molar-refractivity contribution in [3.63, 3.8) is 0 Å². The number of amides is 5. The molecule has 0 radical (unpaired) electrons. The van der Waals surface area contributed by atoms with E-state index in [-0.39, 0.29) is 29.6 Å². The molecule has 61 heavy (non-hydrogen) atoms. The number of aromatic amines is 1. The number of primary amides is 1. The fourth-order valence-corrected chi connectivity index (χ4v) is 10.7. The van der Waals surface area contributed by atoms with Crippen LogP contribution in [0.25, 0.3) is 21.9 Å². The van der Waals surface area contributed by atoms with Crippen LogP contribution in [0.4, 0.5) is 22.1 Å². The molecule has 4 aliphatic heterocycles. The molecule has 5 N–H and O–H groups in total. The van der Waals surface area contributed by atoms with Gasteiger partial charge in [0.2, 0.25) is 11.8 Å². The molecule has 0 bridgehead atoms. The normalized spacial score (nSPS) is 24.3. The predicted octanol–water partition coefficient (Wildman–Crippen LogP) is 5.56. The second kappa shape index (κ2) is 16.1. The fourth-order valence-electron chi connectivity index (χ4n) is 10.7. The van der Waals surface area contributed by atoms with Crippen molar-refractivity contribution in [2.75, 3.05) is 63.1 Å². The number of likely N-dealkylation sites (tertiary alicyclic amines) is 1. The second-order valence-corrected chi connectivity index (χ2v) is 17.8. The predicted molar refractivity (Wildman–Crippen MR) is 230 cm³/mol. The summed E-state index contributed by atoms with van der Waals surface area (Å²) in [6.45, 7) is 6.09. The van der Waals surface area contributed by atoms with E-state index in [9.17, 15) is 19.2 Å². The topological polar surface area (TPSA) is 199 Å². The Bertz CT molecular complexity index is 2490. The zero-order chi connectivity index (χ0) is 41.8. The van der Waals surface area contributed by atoms with Gasteiger partial charge in [0.1, 0.15) is 5.82 Å². The number of urea groups is 1. The van der Waals surface area contributed by atoms with Gasteiger partial charge in [-0.3, -0.25) is 24.7 Å². The number of fused-ring (bicyclic) bond motifs is 3. The average molecular weight is 828 g/mol. The summed E-state index contributed by atoms with van der Waals surface area (Å²) in [5.41, 5.74) is 11.5. The molecule has 16 nitrogen and oxygen atoms in total.